The van der Waals surface area contributed by atoms with Gasteiger partial charge in [-0.05, 0) is 54.3 Å². The highest BCUT2D eigenvalue weighted by molar-refractivity contribution is 7.99. The van der Waals surface area contributed by atoms with E-state index in [4.69, 9.17) is 11.6 Å². The fourth-order valence-corrected chi connectivity index (χ4v) is 4.66. The largest absolute Gasteiger partial charge is 0.350 e. The molecule has 30 heavy (non-hydrogen) atoms. The van der Waals surface area contributed by atoms with E-state index in [1.165, 1.54) is 11.8 Å². The van der Waals surface area contributed by atoms with Crippen molar-refractivity contribution in [3.63, 3.8) is 0 Å². The summed E-state index contributed by atoms with van der Waals surface area (Å²) in [6, 6.07) is 16.6. The zero-order chi connectivity index (χ0) is 21.1. The van der Waals surface area contributed by atoms with Crippen LogP contribution >= 0.6 is 34.7 Å². The van der Waals surface area contributed by atoms with E-state index in [1.54, 1.807) is 34.1 Å². The Labute approximate surface area is 186 Å². The van der Waals surface area contributed by atoms with Gasteiger partial charge in [-0.15, -0.1) is 11.3 Å². The van der Waals surface area contributed by atoms with Crippen molar-refractivity contribution in [1.29, 1.82) is 0 Å². The van der Waals surface area contributed by atoms with Crippen LogP contribution in [0.15, 0.2) is 69.9 Å². The van der Waals surface area contributed by atoms with E-state index in [0.29, 0.717) is 33.3 Å². The average Bonchev–Trinajstić information content (AvgIpc) is 3.24. The van der Waals surface area contributed by atoms with Gasteiger partial charge in [-0.25, -0.2) is 4.98 Å². The molecule has 0 atom stereocenters. The molecule has 0 spiro atoms. The number of halogens is 1. The molecule has 4 rings (SSSR count). The number of amides is 1. The predicted molar refractivity (Wildman–Crippen MR) is 124 cm³/mol. The molecule has 0 unspecified atom stereocenters. The zero-order valence-corrected chi connectivity index (χ0v) is 18.5. The third-order valence-corrected chi connectivity index (χ3v) is 6.48. The molecule has 0 radical (unpaired) electrons. The second-order valence-electron chi connectivity index (χ2n) is 6.68. The van der Waals surface area contributed by atoms with Crippen LogP contribution in [0.4, 0.5) is 0 Å². The Bertz CT molecular complexity index is 1270. The summed E-state index contributed by atoms with van der Waals surface area (Å²) in [7, 11) is 0. The van der Waals surface area contributed by atoms with Crippen molar-refractivity contribution in [3.8, 4) is 5.69 Å². The maximum Gasteiger partial charge on any atom is 0.266 e. The molecule has 0 bridgehead atoms. The lowest BCUT2D eigenvalue weighted by atomic mass is 10.2. The molecule has 2 heterocycles. The summed E-state index contributed by atoms with van der Waals surface area (Å²) in [6.45, 7) is 2.45. The van der Waals surface area contributed by atoms with Crippen LogP contribution in [-0.4, -0.2) is 21.2 Å². The summed E-state index contributed by atoms with van der Waals surface area (Å²) in [6.07, 6.45) is 0. The quantitative estimate of drug-likeness (QED) is 0.334. The van der Waals surface area contributed by atoms with Gasteiger partial charge in [0.25, 0.3) is 5.56 Å². The van der Waals surface area contributed by atoms with Crippen molar-refractivity contribution in [2.45, 2.75) is 18.6 Å². The van der Waals surface area contributed by atoms with Crippen LogP contribution in [-0.2, 0) is 11.3 Å². The number of thioether (sulfide) groups is 1. The molecule has 4 aromatic rings. The highest BCUT2D eigenvalue weighted by Crippen LogP contribution is 2.23. The van der Waals surface area contributed by atoms with Crippen molar-refractivity contribution in [2.75, 3.05) is 5.75 Å². The Morgan fingerprint density at radius 2 is 2.07 bits per heavy atom. The molecule has 2 aromatic heterocycles. The molecule has 5 nitrogen and oxygen atoms in total. The lowest BCUT2D eigenvalue weighted by Gasteiger charge is -2.14. The number of aromatic nitrogens is 2. The van der Waals surface area contributed by atoms with E-state index in [9.17, 15) is 9.59 Å². The lowest BCUT2D eigenvalue weighted by Crippen LogP contribution is -2.26. The standard InChI is InChI=1S/C22H18ClN3O2S2/c1-14-4-2-5-16(10-14)26-21(28)18-8-7-15(23)11-19(18)25-22(26)30-13-20(27)24-12-17-6-3-9-29-17/h2-11H,12-13H2,1H3,(H,24,27). The van der Waals surface area contributed by atoms with Crippen LogP contribution in [0.2, 0.25) is 5.02 Å². The van der Waals surface area contributed by atoms with Gasteiger partial charge in [0, 0.05) is 9.90 Å². The maximum absolute atomic E-state index is 13.3. The highest BCUT2D eigenvalue weighted by atomic mass is 35.5. The summed E-state index contributed by atoms with van der Waals surface area (Å²) in [5.74, 6) is 0.0278. The number of carbonyl (C=O) groups is 1. The van der Waals surface area contributed by atoms with Gasteiger partial charge in [0.1, 0.15) is 0 Å². The Hall–Kier alpha value is -2.61. The minimum absolute atomic E-state index is 0.121. The summed E-state index contributed by atoms with van der Waals surface area (Å²) in [5, 5.41) is 6.31. The van der Waals surface area contributed by atoms with Crippen molar-refractivity contribution in [3.05, 3.63) is 85.8 Å². The van der Waals surface area contributed by atoms with Crippen molar-refractivity contribution >= 4 is 51.5 Å². The second-order valence-corrected chi connectivity index (χ2v) is 9.09. The maximum atomic E-state index is 13.3. The number of aryl methyl sites for hydroxylation is 1. The summed E-state index contributed by atoms with van der Waals surface area (Å²) >= 11 is 8.92. The van der Waals surface area contributed by atoms with Crippen LogP contribution in [0.25, 0.3) is 16.6 Å². The first-order valence-corrected chi connectivity index (χ1v) is 11.5. The molecular weight excluding hydrogens is 438 g/mol. The number of hydrogen-bond donors (Lipinski definition) is 1. The average molecular weight is 456 g/mol. The van der Waals surface area contributed by atoms with Crippen molar-refractivity contribution in [1.82, 2.24) is 14.9 Å². The first-order valence-electron chi connectivity index (χ1n) is 9.22. The van der Waals surface area contributed by atoms with Gasteiger partial charge in [0.05, 0.1) is 28.9 Å². The van der Waals surface area contributed by atoms with Gasteiger partial charge >= 0.3 is 0 Å². The molecule has 0 saturated heterocycles. The molecule has 0 aliphatic rings. The van der Waals surface area contributed by atoms with Crippen LogP contribution < -0.4 is 10.9 Å². The molecule has 0 aliphatic carbocycles. The first-order chi connectivity index (χ1) is 14.5. The van der Waals surface area contributed by atoms with E-state index in [0.717, 1.165) is 10.4 Å². The van der Waals surface area contributed by atoms with Gasteiger partial charge in [0.15, 0.2) is 5.16 Å². The Kier molecular flexibility index (Phi) is 6.22. The van der Waals surface area contributed by atoms with E-state index in [1.807, 2.05) is 48.7 Å². The van der Waals surface area contributed by atoms with Crippen molar-refractivity contribution in [2.24, 2.45) is 0 Å². The molecule has 152 valence electrons. The number of nitrogens with one attached hydrogen (secondary N) is 1. The molecule has 1 amide bonds. The molecular formula is C22H18ClN3O2S2. The van der Waals surface area contributed by atoms with Gasteiger partial charge < -0.3 is 5.32 Å². The highest BCUT2D eigenvalue weighted by Gasteiger charge is 2.15. The molecule has 2 aromatic carbocycles. The van der Waals surface area contributed by atoms with Gasteiger partial charge in [-0.1, -0.05) is 41.6 Å². The summed E-state index contributed by atoms with van der Waals surface area (Å²) in [5.41, 5.74) is 2.06. The van der Waals surface area contributed by atoms with Crippen molar-refractivity contribution < 1.29 is 4.79 Å². The third kappa shape index (κ3) is 4.59. The van der Waals surface area contributed by atoms with E-state index >= 15 is 0 Å². The number of benzene rings is 2. The van der Waals surface area contributed by atoms with Crippen LogP contribution in [0.5, 0.6) is 0 Å². The molecule has 0 aliphatic heterocycles. The fraction of sp³-hybridized carbons (Fsp3) is 0.136. The van der Waals surface area contributed by atoms with Gasteiger partial charge in [-0.3, -0.25) is 14.2 Å². The van der Waals surface area contributed by atoms with Crippen LogP contribution in [0.1, 0.15) is 10.4 Å². The monoisotopic (exact) mass is 455 g/mol. The predicted octanol–water partition coefficient (Wildman–Crippen LogP) is 4.82. The minimum Gasteiger partial charge on any atom is -0.350 e. The Morgan fingerprint density at radius 1 is 1.20 bits per heavy atom. The van der Waals surface area contributed by atoms with Crippen LogP contribution in [0, 0.1) is 6.92 Å². The second kappa shape index (κ2) is 9.04. The number of rotatable bonds is 6. The number of carbonyl (C=O) groups excluding carboxylic acids is 1. The normalized spacial score (nSPS) is 11.0. The SMILES string of the molecule is Cc1cccc(-n2c(SCC(=O)NCc3cccs3)nc3cc(Cl)ccc3c2=O)c1. The fourth-order valence-electron chi connectivity index (χ4n) is 3.01. The van der Waals surface area contributed by atoms with E-state index < -0.39 is 0 Å². The lowest BCUT2D eigenvalue weighted by molar-refractivity contribution is -0.118. The number of hydrogen-bond acceptors (Lipinski definition) is 5. The molecule has 0 fully saturated rings. The van der Waals surface area contributed by atoms with Gasteiger partial charge in [0.2, 0.25) is 5.91 Å². The number of nitrogens with zero attached hydrogens (tertiary/aromatic N) is 2. The molecule has 8 heteroatoms. The Balaban J connectivity index is 1.67. The van der Waals surface area contributed by atoms with Crippen LogP contribution in [0.3, 0.4) is 0 Å². The number of thiophene rings is 1. The smallest absolute Gasteiger partial charge is 0.266 e. The first kappa shape index (κ1) is 20.7. The third-order valence-electron chi connectivity index (χ3n) is 4.43. The topological polar surface area (TPSA) is 64.0 Å². The summed E-state index contributed by atoms with van der Waals surface area (Å²) < 4.78 is 1.56. The molecule has 1 N–H and O–H groups in total. The minimum atomic E-state index is -0.191. The Morgan fingerprint density at radius 3 is 2.83 bits per heavy atom. The van der Waals surface area contributed by atoms with E-state index in [2.05, 4.69) is 10.3 Å². The van der Waals surface area contributed by atoms with E-state index in [-0.39, 0.29) is 17.2 Å². The zero-order valence-electron chi connectivity index (χ0n) is 16.1. The molecule has 0 saturated carbocycles. The number of fused-ring (bicyclic) bond motifs is 1. The van der Waals surface area contributed by atoms with Gasteiger partial charge in [-0.2, -0.15) is 0 Å². The summed E-state index contributed by atoms with van der Waals surface area (Å²) in [4.78, 5) is 31.4.